The predicted molar refractivity (Wildman–Crippen MR) is 74.7 cm³/mol. The van der Waals surface area contributed by atoms with Crippen molar-refractivity contribution in [1.82, 2.24) is 14.9 Å². The summed E-state index contributed by atoms with van der Waals surface area (Å²) in [6, 6.07) is 0. The number of nitrogens with one attached hydrogen (secondary N) is 1. The van der Waals surface area contributed by atoms with Crippen LogP contribution in [0, 0.1) is 0 Å². The zero-order valence-electron chi connectivity index (χ0n) is 11.4. The maximum atomic E-state index is 12.0. The Morgan fingerprint density at radius 2 is 2.16 bits per heavy atom. The van der Waals surface area contributed by atoms with Crippen LogP contribution in [0.25, 0.3) is 0 Å². The highest BCUT2D eigenvalue weighted by atomic mass is 16.2. The number of nitrogen functional groups attached to an aromatic ring is 1. The van der Waals surface area contributed by atoms with Gasteiger partial charge in [-0.25, -0.2) is 9.97 Å². The van der Waals surface area contributed by atoms with E-state index in [9.17, 15) is 4.79 Å². The van der Waals surface area contributed by atoms with Gasteiger partial charge in [0.05, 0.1) is 6.54 Å². The van der Waals surface area contributed by atoms with E-state index in [2.05, 4.69) is 22.2 Å². The van der Waals surface area contributed by atoms with Crippen LogP contribution >= 0.6 is 0 Å². The first kappa shape index (κ1) is 13.6. The summed E-state index contributed by atoms with van der Waals surface area (Å²) in [6.45, 7) is 4.08. The summed E-state index contributed by atoms with van der Waals surface area (Å²) in [4.78, 5) is 22.0. The van der Waals surface area contributed by atoms with Crippen molar-refractivity contribution in [2.45, 2.75) is 32.6 Å². The molecule has 104 valence electrons. The van der Waals surface area contributed by atoms with Gasteiger partial charge in [0.25, 0.3) is 0 Å². The van der Waals surface area contributed by atoms with Crippen LogP contribution in [-0.2, 0) is 11.2 Å². The molecule has 2 heterocycles. The monoisotopic (exact) mass is 263 g/mol. The summed E-state index contributed by atoms with van der Waals surface area (Å²) >= 11 is 0. The molecule has 1 aromatic heterocycles. The lowest BCUT2D eigenvalue weighted by Crippen LogP contribution is -2.33. The summed E-state index contributed by atoms with van der Waals surface area (Å²) in [5, 5.41) is 3.09. The normalized spacial score (nSPS) is 14.7. The maximum Gasteiger partial charge on any atom is 0.241 e. The zero-order valence-corrected chi connectivity index (χ0v) is 11.4. The van der Waals surface area contributed by atoms with Gasteiger partial charge in [0.15, 0.2) is 0 Å². The fraction of sp³-hybridized carbons (Fsp3) is 0.615. The first-order valence-corrected chi connectivity index (χ1v) is 6.83. The molecule has 1 saturated heterocycles. The van der Waals surface area contributed by atoms with Crippen molar-refractivity contribution >= 4 is 17.5 Å². The van der Waals surface area contributed by atoms with Crippen LogP contribution in [0.15, 0.2) is 6.33 Å². The van der Waals surface area contributed by atoms with Gasteiger partial charge >= 0.3 is 0 Å². The number of likely N-dealkylation sites (tertiary alicyclic amines) is 1. The average molecular weight is 263 g/mol. The lowest BCUT2D eigenvalue weighted by molar-refractivity contribution is -0.128. The van der Waals surface area contributed by atoms with E-state index in [1.807, 2.05) is 4.90 Å². The van der Waals surface area contributed by atoms with Gasteiger partial charge in [-0.05, 0) is 19.3 Å². The number of hydrogen-bond donors (Lipinski definition) is 2. The molecule has 6 heteroatoms. The van der Waals surface area contributed by atoms with Crippen molar-refractivity contribution in [3.63, 3.8) is 0 Å². The van der Waals surface area contributed by atoms with Crippen LogP contribution in [0.4, 0.5) is 11.6 Å². The van der Waals surface area contributed by atoms with Crippen LogP contribution in [0.1, 0.15) is 31.7 Å². The Morgan fingerprint density at radius 1 is 1.42 bits per heavy atom. The number of carbonyl (C=O) groups is 1. The van der Waals surface area contributed by atoms with Gasteiger partial charge in [0, 0.05) is 18.7 Å². The fourth-order valence-electron chi connectivity index (χ4n) is 2.31. The average Bonchev–Trinajstić information content (AvgIpc) is 2.93. The molecule has 0 saturated carbocycles. The smallest absolute Gasteiger partial charge is 0.241 e. The summed E-state index contributed by atoms with van der Waals surface area (Å²) in [5.41, 5.74) is 6.75. The third kappa shape index (κ3) is 3.33. The Balaban J connectivity index is 1.98. The molecule has 1 aliphatic rings. The predicted octanol–water partition coefficient (Wildman–Crippen LogP) is 1.05. The van der Waals surface area contributed by atoms with Crippen LogP contribution in [0.3, 0.4) is 0 Å². The van der Waals surface area contributed by atoms with Gasteiger partial charge in [-0.15, -0.1) is 0 Å². The Hall–Kier alpha value is -1.85. The van der Waals surface area contributed by atoms with E-state index in [0.717, 1.165) is 44.3 Å². The molecule has 19 heavy (non-hydrogen) atoms. The molecule has 0 atom stereocenters. The zero-order chi connectivity index (χ0) is 13.7. The Bertz CT molecular complexity index is 443. The molecule has 0 bridgehead atoms. The molecule has 0 unspecified atom stereocenters. The third-order valence-corrected chi connectivity index (χ3v) is 3.34. The number of nitrogens with two attached hydrogens (primary N) is 1. The molecule has 0 radical (unpaired) electrons. The highest BCUT2D eigenvalue weighted by molar-refractivity contribution is 5.81. The molecule has 0 spiro atoms. The van der Waals surface area contributed by atoms with Crippen LogP contribution < -0.4 is 11.1 Å². The van der Waals surface area contributed by atoms with Gasteiger partial charge in [0.2, 0.25) is 5.91 Å². The van der Waals surface area contributed by atoms with E-state index < -0.39 is 0 Å². The van der Waals surface area contributed by atoms with E-state index in [0.29, 0.717) is 11.6 Å². The van der Waals surface area contributed by atoms with E-state index in [4.69, 9.17) is 5.73 Å². The largest absolute Gasteiger partial charge is 0.383 e. The highest BCUT2D eigenvalue weighted by Gasteiger charge is 2.18. The van der Waals surface area contributed by atoms with Crippen LogP contribution in [-0.4, -0.2) is 40.4 Å². The number of carbonyl (C=O) groups excluding carboxylic acids is 1. The molecule has 1 aliphatic heterocycles. The molecule has 0 aliphatic carbocycles. The summed E-state index contributed by atoms with van der Waals surface area (Å²) < 4.78 is 0. The van der Waals surface area contributed by atoms with Crippen molar-refractivity contribution in [2.24, 2.45) is 0 Å². The Labute approximate surface area is 113 Å². The second-order valence-electron chi connectivity index (χ2n) is 4.78. The van der Waals surface area contributed by atoms with Crippen molar-refractivity contribution < 1.29 is 4.79 Å². The molecular weight excluding hydrogens is 242 g/mol. The third-order valence-electron chi connectivity index (χ3n) is 3.34. The van der Waals surface area contributed by atoms with E-state index in [1.165, 1.54) is 6.33 Å². The summed E-state index contributed by atoms with van der Waals surface area (Å²) in [7, 11) is 0. The lowest BCUT2D eigenvalue weighted by atomic mass is 10.1. The minimum Gasteiger partial charge on any atom is -0.383 e. The van der Waals surface area contributed by atoms with Crippen molar-refractivity contribution in [3.8, 4) is 0 Å². The summed E-state index contributed by atoms with van der Waals surface area (Å²) in [5.74, 6) is 1.30. The van der Waals surface area contributed by atoms with E-state index in [-0.39, 0.29) is 12.5 Å². The van der Waals surface area contributed by atoms with Gasteiger partial charge < -0.3 is 16.0 Å². The number of aromatic nitrogens is 2. The first-order valence-electron chi connectivity index (χ1n) is 6.83. The highest BCUT2D eigenvalue weighted by Crippen LogP contribution is 2.19. The molecular formula is C13H21N5O. The number of nitrogens with zero attached hydrogens (tertiary/aromatic N) is 3. The molecule has 3 N–H and O–H groups in total. The van der Waals surface area contributed by atoms with Crippen molar-refractivity contribution in [1.29, 1.82) is 0 Å². The number of anilines is 2. The van der Waals surface area contributed by atoms with E-state index >= 15 is 0 Å². The van der Waals surface area contributed by atoms with Crippen LogP contribution in [0.2, 0.25) is 0 Å². The Kier molecular flexibility index (Phi) is 4.54. The molecule has 1 fully saturated rings. The van der Waals surface area contributed by atoms with Gasteiger partial charge in [-0.2, -0.15) is 0 Å². The molecule has 1 amide bonds. The van der Waals surface area contributed by atoms with Crippen LogP contribution in [0.5, 0.6) is 0 Å². The van der Waals surface area contributed by atoms with Crippen molar-refractivity contribution in [3.05, 3.63) is 11.9 Å². The quantitative estimate of drug-likeness (QED) is 0.829. The molecule has 1 aromatic rings. The lowest BCUT2D eigenvalue weighted by Gasteiger charge is -2.17. The van der Waals surface area contributed by atoms with Crippen molar-refractivity contribution in [2.75, 3.05) is 30.7 Å². The Morgan fingerprint density at radius 3 is 2.84 bits per heavy atom. The number of hydrogen-bond acceptors (Lipinski definition) is 5. The second kappa shape index (κ2) is 6.36. The minimum absolute atomic E-state index is 0.122. The standard InChI is InChI=1S/C13H21N5O/c1-2-5-10-12(14)16-9-17-13(10)15-8-11(19)18-6-3-4-7-18/h9H,2-8H2,1H3,(H3,14,15,16,17). The first-order chi connectivity index (χ1) is 9.22. The SMILES string of the molecule is CCCc1c(N)ncnc1NCC(=O)N1CCCC1. The summed E-state index contributed by atoms with van der Waals surface area (Å²) in [6.07, 6.45) is 5.41. The van der Waals surface area contributed by atoms with Gasteiger partial charge in [-0.3, -0.25) is 4.79 Å². The van der Waals surface area contributed by atoms with Gasteiger partial charge in [-0.1, -0.05) is 13.3 Å². The fourth-order valence-corrected chi connectivity index (χ4v) is 2.31. The van der Waals surface area contributed by atoms with E-state index in [1.54, 1.807) is 0 Å². The maximum absolute atomic E-state index is 12.0. The molecule has 6 nitrogen and oxygen atoms in total. The second-order valence-corrected chi connectivity index (χ2v) is 4.78. The molecule has 0 aromatic carbocycles. The minimum atomic E-state index is 0.122. The number of amides is 1. The van der Waals surface area contributed by atoms with Gasteiger partial charge in [0.1, 0.15) is 18.0 Å². The molecule has 2 rings (SSSR count). The number of rotatable bonds is 5. The topological polar surface area (TPSA) is 84.1 Å².